The highest BCUT2D eigenvalue weighted by Gasteiger charge is 2.18. The lowest BCUT2D eigenvalue weighted by Gasteiger charge is -2.12. The zero-order chi connectivity index (χ0) is 51.5. The first-order chi connectivity index (χ1) is 38.6. The fourth-order valence-corrected chi connectivity index (χ4v) is 11.2. The van der Waals surface area contributed by atoms with E-state index < -0.39 is 0 Å². The SMILES string of the molecule is c1cc(Oc2ccc3c4ccccc4n(-c4cc(-c5cccc6ccccc56)ccn4)c3c2)cc(-c2cnc(-c3cccc(Oc4ccc5c6ccccc6n(-c6cc(-c7cccc8ccccc78)ccn6)c5c4)c3)cn2)c1. The molecule has 0 atom stereocenters. The normalized spacial score (nSPS) is 11.6. The van der Waals surface area contributed by atoms with Crippen molar-refractivity contribution in [3.8, 4) is 79.4 Å². The van der Waals surface area contributed by atoms with Gasteiger partial charge in [0.15, 0.2) is 0 Å². The van der Waals surface area contributed by atoms with Gasteiger partial charge < -0.3 is 9.47 Å². The van der Waals surface area contributed by atoms with Crippen LogP contribution in [0.1, 0.15) is 0 Å². The average molecular weight is 1000 g/mol. The summed E-state index contributed by atoms with van der Waals surface area (Å²) in [4.78, 5) is 19.7. The van der Waals surface area contributed by atoms with Gasteiger partial charge in [-0.05, 0) is 129 Å². The topological polar surface area (TPSA) is 79.9 Å². The first kappa shape index (κ1) is 44.8. The smallest absolute Gasteiger partial charge is 0.138 e. The summed E-state index contributed by atoms with van der Waals surface area (Å²) in [5.74, 6) is 4.45. The molecule has 0 aliphatic rings. The van der Waals surface area contributed by atoms with Crippen LogP contribution < -0.4 is 9.47 Å². The summed E-state index contributed by atoms with van der Waals surface area (Å²) in [6.45, 7) is 0. The maximum absolute atomic E-state index is 6.63. The number of aromatic nitrogens is 6. The highest BCUT2D eigenvalue weighted by Crippen LogP contribution is 2.40. The van der Waals surface area contributed by atoms with Gasteiger partial charge in [-0.2, -0.15) is 0 Å². The van der Waals surface area contributed by atoms with Crippen molar-refractivity contribution in [3.63, 3.8) is 0 Å². The predicted molar refractivity (Wildman–Crippen MR) is 316 cm³/mol. The summed E-state index contributed by atoms with van der Waals surface area (Å²) < 4.78 is 17.7. The Labute approximate surface area is 448 Å². The van der Waals surface area contributed by atoms with Crippen molar-refractivity contribution in [2.75, 3.05) is 0 Å². The van der Waals surface area contributed by atoms with Crippen molar-refractivity contribution < 1.29 is 9.47 Å². The zero-order valence-corrected chi connectivity index (χ0v) is 41.9. The van der Waals surface area contributed by atoms with E-state index >= 15 is 0 Å². The molecular formula is C70H44N6O2. The molecule has 15 rings (SSSR count). The third-order valence-corrected chi connectivity index (χ3v) is 14.8. The summed E-state index contributed by atoms with van der Waals surface area (Å²) in [6.07, 6.45) is 7.41. The fraction of sp³-hybridized carbons (Fsp3) is 0. The van der Waals surface area contributed by atoms with Crippen LogP contribution in [0.5, 0.6) is 23.0 Å². The number of nitrogens with zero attached hydrogens (tertiary/aromatic N) is 6. The number of para-hydroxylation sites is 2. The summed E-state index contributed by atoms with van der Waals surface area (Å²) in [6, 6.07) is 83.8. The molecule has 0 aliphatic heterocycles. The molecular weight excluding hydrogens is 957 g/mol. The van der Waals surface area contributed by atoms with Crippen molar-refractivity contribution >= 4 is 65.2 Å². The lowest BCUT2D eigenvalue weighted by molar-refractivity contribution is 0.483. The molecule has 0 amide bonds. The molecule has 0 saturated heterocycles. The Kier molecular flexibility index (Phi) is 10.7. The highest BCUT2D eigenvalue weighted by molar-refractivity contribution is 6.11. The van der Waals surface area contributed by atoms with E-state index in [0.717, 1.165) is 88.9 Å². The molecule has 8 heteroatoms. The van der Waals surface area contributed by atoms with Crippen LogP contribution >= 0.6 is 0 Å². The van der Waals surface area contributed by atoms with Gasteiger partial charge in [0.1, 0.15) is 34.6 Å². The Morgan fingerprint density at radius 1 is 0.269 bits per heavy atom. The molecule has 0 unspecified atom stereocenters. The second kappa shape index (κ2) is 18.6. The third-order valence-electron chi connectivity index (χ3n) is 14.8. The zero-order valence-electron chi connectivity index (χ0n) is 41.9. The van der Waals surface area contributed by atoms with Gasteiger partial charge in [0.25, 0.3) is 0 Å². The van der Waals surface area contributed by atoms with E-state index in [0.29, 0.717) is 23.0 Å². The quantitative estimate of drug-likeness (QED) is 0.136. The molecule has 5 heterocycles. The molecule has 366 valence electrons. The van der Waals surface area contributed by atoms with E-state index in [9.17, 15) is 0 Å². The first-order valence-electron chi connectivity index (χ1n) is 26.0. The average Bonchev–Trinajstić information content (AvgIpc) is 4.06. The number of ether oxygens (including phenoxy) is 2. The minimum atomic E-state index is 0.686. The summed E-state index contributed by atoms with van der Waals surface area (Å²) >= 11 is 0. The Hall–Kier alpha value is -10.7. The lowest BCUT2D eigenvalue weighted by atomic mass is 9.99. The second-order valence-electron chi connectivity index (χ2n) is 19.5. The Bertz CT molecular complexity index is 4510. The van der Waals surface area contributed by atoms with E-state index in [2.05, 4.69) is 191 Å². The molecule has 10 aromatic carbocycles. The number of fused-ring (bicyclic) bond motifs is 8. The van der Waals surface area contributed by atoms with E-state index in [4.69, 9.17) is 29.4 Å². The van der Waals surface area contributed by atoms with E-state index in [1.165, 1.54) is 32.7 Å². The van der Waals surface area contributed by atoms with E-state index in [-0.39, 0.29) is 0 Å². The van der Waals surface area contributed by atoms with Crippen LogP contribution in [0, 0.1) is 0 Å². The van der Waals surface area contributed by atoms with Crippen LogP contribution in [0.2, 0.25) is 0 Å². The first-order valence-corrected chi connectivity index (χ1v) is 26.0. The van der Waals surface area contributed by atoms with Crippen LogP contribution in [0.4, 0.5) is 0 Å². The van der Waals surface area contributed by atoms with Crippen LogP contribution in [-0.2, 0) is 0 Å². The monoisotopic (exact) mass is 1000 g/mol. The van der Waals surface area contributed by atoms with Crippen LogP contribution in [0.3, 0.4) is 0 Å². The molecule has 0 bridgehead atoms. The van der Waals surface area contributed by atoms with Crippen molar-refractivity contribution in [1.82, 2.24) is 29.1 Å². The Balaban J connectivity index is 0.695. The van der Waals surface area contributed by atoms with Gasteiger partial charge in [0.05, 0.1) is 45.8 Å². The molecule has 0 N–H and O–H groups in total. The Morgan fingerprint density at radius 2 is 0.667 bits per heavy atom. The van der Waals surface area contributed by atoms with Gasteiger partial charge in [-0.15, -0.1) is 0 Å². The molecule has 8 nitrogen and oxygen atoms in total. The van der Waals surface area contributed by atoms with E-state index in [1.54, 1.807) is 0 Å². The second-order valence-corrected chi connectivity index (χ2v) is 19.5. The predicted octanol–water partition coefficient (Wildman–Crippen LogP) is 18.0. The minimum Gasteiger partial charge on any atom is -0.457 e. The molecule has 78 heavy (non-hydrogen) atoms. The van der Waals surface area contributed by atoms with E-state index in [1.807, 2.05) is 85.5 Å². The van der Waals surface area contributed by atoms with Crippen LogP contribution in [-0.4, -0.2) is 29.1 Å². The van der Waals surface area contributed by atoms with Crippen LogP contribution in [0.15, 0.2) is 267 Å². The molecule has 0 spiro atoms. The van der Waals surface area contributed by atoms with Gasteiger partial charge >= 0.3 is 0 Å². The number of rotatable bonds is 10. The number of hydrogen-bond acceptors (Lipinski definition) is 6. The Morgan fingerprint density at radius 3 is 1.14 bits per heavy atom. The van der Waals surface area contributed by atoms with Gasteiger partial charge in [0.2, 0.25) is 0 Å². The lowest BCUT2D eigenvalue weighted by Crippen LogP contribution is -1.98. The molecule has 0 aliphatic carbocycles. The summed E-state index contributed by atoms with van der Waals surface area (Å²) in [7, 11) is 0. The van der Waals surface area contributed by atoms with Gasteiger partial charge in [-0.3, -0.25) is 19.1 Å². The largest absolute Gasteiger partial charge is 0.457 e. The van der Waals surface area contributed by atoms with Crippen molar-refractivity contribution in [1.29, 1.82) is 0 Å². The summed E-state index contributed by atoms with van der Waals surface area (Å²) in [5.41, 5.74) is 11.9. The van der Waals surface area contributed by atoms with Crippen molar-refractivity contribution in [2.24, 2.45) is 0 Å². The number of hydrogen-bond donors (Lipinski definition) is 0. The third kappa shape index (κ3) is 7.86. The minimum absolute atomic E-state index is 0.686. The van der Waals surface area contributed by atoms with Crippen molar-refractivity contribution in [3.05, 3.63) is 267 Å². The number of pyridine rings is 2. The van der Waals surface area contributed by atoms with Gasteiger partial charge in [0, 0.05) is 57.2 Å². The van der Waals surface area contributed by atoms with Crippen LogP contribution in [0.25, 0.3) is 122 Å². The maximum Gasteiger partial charge on any atom is 0.138 e. The molecule has 0 fully saturated rings. The van der Waals surface area contributed by atoms with Gasteiger partial charge in [-0.1, -0.05) is 146 Å². The summed E-state index contributed by atoms with van der Waals surface area (Å²) in [5, 5.41) is 9.34. The highest BCUT2D eigenvalue weighted by atomic mass is 16.5. The van der Waals surface area contributed by atoms with Crippen molar-refractivity contribution in [2.45, 2.75) is 0 Å². The number of benzene rings is 10. The molecule has 5 aromatic heterocycles. The van der Waals surface area contributed by atoms with Gasteiger partial charge in [-0.25, -0.2) is 9.97 Å². The maximum atomic E-state index is 6.63. The molecule has 15 aromatic rings. The fourth-order valence-electron chi connectivity index (χ4n) is 11.2. The molecule has 0 saturated carbocycles. The molecule has 0 radical (unpaired) electrons. The standard InChI is InChI=1S/C70H44N6O2/c1-3-21-55-45(13-1)15-11-25-57(55)47-33-35-71-69(39-47)75-65-27-7-5-23-59(65)61-31-29-53(41-67(61)75)77-51-19-9-17-49(37-51)63-43-74-64(44-73-63)50-18-10-20-52(38-50)78-54-30-32-62-60-24-6-8-28-66(60)76(68(62)42-54)70-40-48(34-36-72-70)58-26-12-16-46-14-2-4-22-56(46)58/h1-44H.